The van der Waals surface area contributed by atoms with Crippen molar-refractivity contribution in [1.82, 2.24) is 29.0 Å². The highest BCUT2D eigenvalue weighted by molar-refractivity contribution is 6.06. The standard InChI is InChI=1S/C51H63N11O4/c1-9-45(64)55-39-25-34(10-11-41(39)60-21-20-59(29-32(60)2)35-14-18-58(19-15-35)36-12-16-52-44(26-36)50(3,4)5)54-46-49(66)57(8)30-40(56-46)37-13-17-53-47(38(37)31-63)62-23-22-61-42(48(62)65)24-33-27-51(6,7)28-43(33)61/h9-13,16-17,24-26,30,32,35,63H,1,14-15,18-23,27-29,31H2,2-8H3,(H,54,56)(H,55,64)/t32-/m0/s1. The Hall–Kier alpha value is -6.32. The molecule has 1 aromatic carbocycles. The molecule has 66 heavy (non-hydrogen) atoms. The molecule has 0 bridgehead atoms. The quantitative estimate of drug-likeness (QED) is 0.129. The summed E-state index contributed by atoms with van der Waals surface area (Å²) in [5.74, 6) is -0.0744. The maximum absolute atomic E-state index is 14.0. The lowest BCUT2D eigenvalue weighted by Gasteiger charge is -2.47. The van der Waals surface area contributed by atoms with E-state index in [1.807, 2.05) is 30.5 Å². The number of aliphatic hydroxyl groups is 1. The number of pyridine rings is 2. The summed E-state index contributed by atoms with van der Waals surface area (Å²) < 4.78 is 3.59. The molecule has 2 saturated heterocycles. The van der Waals surface area contributed by atoms with Crippen LogP contribution >= 0.6 is 0 Å². The lowest BCUT2D eigenvalue weighted by Crippen LogP contribution is -2.57. The average molecular weight is 894 g/mol. The second-order valence-electron chi connectivity index (χ2n) is 20.3. The number of anilines is 6. The van der Waals surface area contributed by atoms with Gasteiger partial charge in [-0.2, -0.15) is 0 Å². The highest BCUT2D eigenvalue weighted by atomic mass is 16.3. The van der Waals surface area contributed by atoms with Gasteiger partial charge in [-0.1, -0.05) is 41.2 Å². The summed E-state index contributed by atoms with van der Waals surface area (Å²) in [5.41, 5.74) is 8.69. The van der Waals surface area contributed by atoms with E-state index in [1.54, 1.807) is 30.4 Å². The first kappa shape index (κ1) is 44.9. The zero-order valence-electron chi connectivity index (χ0n) is 39.4. The lowest BCUT2D eigenvalue weighted by atomic mass is 9.90. The number of fused-ring (bicyclic) bond motifs is 3. The fourth-order valence-corrected chi connectivity index (χ4v) is 10.5. The highest BCUT2D eigenvalue weighted by Gasteiger charge is 2.38. The first-order valence-electron chi connectivity index (χ1n) is 23.3. The minimum absolute atomic E-state index is 0.00126. The van der Waals surface area contributed by atoms with E-state index in [0.717, 1.165) is 69.8 Å². The van der Waals surface area contributed by atoms with Crippen LogP contribution in [0.2, 0.25) is 0 Å². The molecule has 2 amide bonds. The van der Waals surface area contributed by atoms with Crippen molar-refractivity contribution in [3.63, 3.8) is 0 Å². The van der Waals surface area contributed by atoms with Gasteiger partial charge >= 0.3 is 0 Å². The molecule has 3 N–H and O–H groups in total. The third-order valence-electron chi connectivity index (χ3n) is 13.9. The minimum Gasteiger partial charge on any atom is -0.392 e. The van der Waals surface area contributed by atoms with Crippen molar-refractivity contribution < 1.29 is 14.7 Å². The number of hydrogen-bond acceptors (Lipinski definition) is 11. The number of hydrogen-bond donors (Lipinski definition) is 3. The van der Waals surface area contributed by atoms with Crippen molar-refractivity contribution in [3.05, 3.63) is 112 Å². The first-order valence-corrected chi connectivity index (χ1v) is 23.3. The molecule has 346 valence electrons. The molecule has 5 aromatic rings. The Labute approximate surface area is 387 Å². The summed E-state index contributed by atoms with van der Waals surface area (Å²) in [7, 11) is 1.65. The van der Waals surface area contributed by atoms with Gasteiger partial charge < -0.3 is 34.7 Å². The first-order chi connectivity index (χ1) is 31.5. The van der Waals surface area contributed by atoms with E-state index in [4.69, 9.17) is 4.98 Å². The van der Waals surface area contributed by atoms with E-state index in [-0.39, 0.29) is 40.1 Å². The van der Waals surface area contributed by atoms with Crippen LogP contribution in [-0.2, 0) is 43.3 Å². The van der Waals surface area contributed by atoms with E-state index in [2.05, 4.69) is 100 Å². The van der Waals surface area contributed by atoms with Crippen molar-refractivity contribution in [2.75, 3.05) is 64.6 Å². The van der Waals surface area contributed by atoms with Gasteiger partial charge in [0, 0.05) is 123 Å². The van der Waals surface area contributed by atoms with E-state index < -0.39 is 6.61 Å². The Kier molecular flexibility index (Phi) is 11.9. The summed E-state index contributed by atoms with van der Waals surface area (Å²) in [6, 6.07) is 14.5. The van der Waals surface area contributed by atoms with Gasteiger partial charge in [0.2, 0.25) is 5.91 Å². The number of aliphatic hydroxyl groups excluding tert-OH is 1. The minimum atomic E-state index is -0.397. The van der Waals surface area contributed by atoms with E-state index in [9.17, 15) is 19.5 Å². The van der Waals surface area contributed by atoms with Gasteiger partial charge in [0.05, 0.1) is 23.7 Å². The number of aryl methyl sites for hydroxylation is 1. The Morgan fingerprint density at radius 2 is 1.74 bits per heavy atom. The molecular formula is C51H63N11O4. The number of piperazine rings is 1. The van der Waals surface area contributed by atoms with Crippen LogP contribution in [0.4, 0.5) is 34.4 Å². The molecular weight excluding hydrogens is 831 g/mol. The molecule has 1 aliphatic carbocycles. The number of aromatic nitrogens is 5. The van der Waals surface area contributed by atoms with Crippen LogP contribution in [0.15, 0.2) is 78.5 Å². The third kappa shape index (κ3) is 8.61. The van der Waals surface area contributed by atoms with Crippen molar-refractivity contribution in [1.29, 1.82) is 0 Å². The van der Waals surface area contributed by atoms with Crippen LogP contribution in [0.3, 0.4) is 0 Å². The third-order valence-corrected chi connectivity index (χ3v) is 13.9. The molecule has 15 heteroatoms. The number of nitrogens with one attached hydrogen (secondary N) is 2. The number of amides is 2. The topological polar surface area (TPSA) is 157 Å². The van der Waals surface area contributed by atoms with E-state index >= 15 is 0 Å². The van der Waals surface area contributed by atoms with Crippen LogP contribution in [0, 0.1) is 5.41 Å². The molecule has 0 saturated carbocycles. The van der Waals surface area contributed by atoms with Crippen LogP contribution in [0.25, 0.3) is 11.3 Å². The zero-order chi connectivity index (χ0) is 46.7. The van der Waals surface area contributed by atoms with Gasteiger partial charge in [0.1, 0.15) is 11.5 Å². The Morgan fingerprint density at radius 1 is 0.970 bits per heavy atom. The van der Waals surface area contributed by atoms with Crippen LogP contribution in [-0.4, -0.2) is 97.3 Å². The number of piperidine rings is 1. The fraction of sp³-hybridized carbons (Fsp3) is 0.451. The second kappa shape index (κ2) is 17.5. The molecule has 4 aromatic heterocycles. The van der Waals surface area contributed by atoms with Crippen LogP contribution < -0.4 is 30.9 Å². The molecule has 7 heterocycles. The Bertz CT molecular complexity index is 2760. The monoisotopic (exact) mass is 894 g/mol. The Balaban J connectivity index is 0.919. The predicted octanol–water partition coefficient (Wildman–Crippen LogP) is 6.66. The van der Waals surface area contributed by atoms with E-state index in [1.165, 1.54) is 27.6 Å². The van der Waals surface area contributed by atoms with Crippen molar-refractivity contribution >= 4 is 46.2 Å². The molecule has 2 fully saturated rings. The smallest absolute Gasteiger partial charge is 0.293 e. The number of carbonyl (C=O) groups excluding carboxylic acids is 2. The molecule has 3 aliphatic heterocycles. The number of carbonyl (C=O) groups is 2. The SMILES string of the molecule is C=CC(=O)Nc1cc(Nc2nc(-c3ccnc(N4CCn5c(cc6c5CC(C)(C)C6)C4=O)c3CO)cn(C)c2=O)ccc1N1CCN(C2CCN(c3ccnc(C(C)(C)C)c3)CC2)C[C@@H]1C. The van der Waals surface area contributed by atoms with Crippen LogP contribution in [0.5, 0.6) is 0 Å². The molecule has 4 aliphatic rings. The zero-order valence-corrected chi connectivity index (χ0v) is 39.4. The molecule has 0 unspecified atom stereocenters. The predicted molar refractivity (Wildman–Crippen MR) is 261 cm³/mol. The van der Waals surface area contributed by atoms with Gasteiger partial charge in [0.15, 0.2) is 5.82 Å². The summed E-state index contributed by atoms with van der Waals surface area (Å²) in [6.07, 6.45) is 10.4. The van der Waals surface area contributed by atoms with Crippen molar-refractivity contribution in [2.45, 2.75) is 97.9 Å². The van der Waals surface area contributed by atoms with Gasteiger partial charge in [-0.15, -0.1) is 0 Å². The largest absolute Gasteiger partial charge is 0.392 e. The lowest BCUT2D eigenvalue weighted by molar-refractivity contribution is -0.111. The molecule has 0 spiro atoms. The summed E-state index contributed by atoms with van der Waals surface area (Å²) in [6.45, 7) is 22.2. The Morgan fingerprint density at radius 3 is 2.47 bits per heavy atom. The maximum atomic E-state index is 14.0. The van der Waals surface area contributed by atoms with Crippen LogP contribution in [0.1, 0.15) is 87.4 Å². The molecule has 1 atom stereocenters. The molecule has 15 nitrogen and oxygen atoms in total. The number of benzene rings is 1. The number of rotatable bonds is 10. The van der Waals surface area contributed by atoms with Crippen molar-refractivity contribution in [3.8, 4) is 11.3 Å². The fourth-order valence-electron chi connectivity index (χ4n) is 10.5. The maximum Gasteiger partial charge on any atom is 0.293 e. The summed E-state index contributed by atoms with van der Waals surface area (Å²) in [4.78, 5) is 63.7. The summed E-state index contributed by atoms with van der Waals surface area (Å²) >= 11 is 0. The second-order valence-corrected chi connectivity index (χ2v) is 20.3. The summed E-state index contributed by atoms with van der Waals surface area (Å²) in [5, 5.41) is 17.1. The molecule has 0 radical (unpaired) electrons. The molecule has 9 rings (SSSR count). The van der Waals surface area contributed by atoms with E-state index in [0.29, 0.717) is 58.8 Å². The number of nitrogens with zero attached hydrogens (tertiary/aromatic N) is 9. The van der Waals surface area contributed by atoms with Gasteiger partial charge in [-0.05, 0) is 92.1 Å². The highest BCUT2D eigenvalue weighted by Crippen LogP contribution is 2.41. The normalized spacial score (nSPS) is 18.9. The van der Waals surface area contributed by atoms with Gasteiger partial charge in [-0.25, -0.2) is 9.97 Å². The van der Waals surface area contributed by atoms with Crippen molar-refractivity contribution in [2.24, 2.45) is 12.5 Å². The van der Waals surface area contributed by atoms with Gasteiger partial charge in [-0.3, -0.25) is 29.2 Å². The van der Waals surface area contributed by atoms with Gasteiger partial charge in [0.25, 0.3) is 11.5 Å². The average Bonchev–Trinajstić information content (AvgIpc) is 3.79.